The van der Waals surface area contributed by atoms with Gasteiger partial charge >= 0.3 is 0 Å². The van der Waals surface area contributed by atoms with Gasteiger partial charge in [-0.05, 0) is 38.5 Å². The maximum Gasteiger partial charge on any atom is 0.260 e. The summed E-state index contributed by atoms with van der Waals surface area (Å²) in [6.07, 6.45) is -0.603. The number of aliphatic hydroxyl groups is 1. The van der Waals surface area contributed by atoms with Gasteiger partial charge in [-0.15, -0.1) is 0 Å². The minimum absolute atomic E-state index is 0.253. The van der Waals surface area contributed by atoms with E-state index < -0.39 is 12.2 Å². The molecule has 0 aliphatic rings. The summed E-state index contributed by atoms with van der Waals surface area (Å²) in [5.74, 6) is 0.187. The van der Waals surface area contributed by atoms with Gasteiger partial charge in [0.1, 0.15) is 5.75 Å². The number of carbonyl (C=O) groups is 1. The van der Waals surface area contributed by atoms with Gasteiger partial charge in [-0.3, -0.25) is 4.79 Å². The van der Waals surface area contributed by atoms with Crippen LogP contribution in [0.2, 0.25) is 10.0 Å². The van der Waals surface area contributed by atoms with Crippen molar-refractivity contribution in [3.63, 3.8) is 0 Å². The van der Waals surface area contributed by atoms with Gasteiger partial charge in [-0.2, -0.15) is 0 Å². The van der Waals surface area contributed by atoms with Crippen LogP contribution in [-0.2, 0) is 4.79 Å². The highest BCUT2D eigenvalue weighted by atomic mass is 35.5. The Labute approximate surface area is 122 Å². The van der Waals surface area contributed by atoms with E-state index in [9.17, 15) is 4.79 Å². The van der Waals surface area contributed by atoms with Gasteiger partial charge in [0, 0.05) is 16.6 Å². The van der Waals surface area contributed by atoms with E-state index in [-0.39, 0.29) is 5.91 Å². The zero-order valence-electron chi connectivity index (χ0n) is 10.8. The number of ether oxygens (including phenoxy) is 1. The number of nitrogens with one attached hydrogen (secondary N) is 1. The molecule has 2 atom stereocenters. The first-order valence-corrected chi connectivity index (χ1v) is 6.72. The Bertz CT molecular complexity index is 418. The number of hydrogen-bond acceptors (Lipinski definition) is 3. The summed E-state index contributed by atoms with van der Waals surface area (Å²) in [6, 6.07) is 4.77. The molecular weight excluding hydrogens is 289 g/mol. The van der Waals surface area contributed by atoms with E-state index in [2.05, 4.69) is 5.32 Å². The molecule has 4 nitrogen and oxygen atoms in total. The van der Waals surface area contributed by atoms with Gasteiger partial charge in [0.05, 0.1) is 6.10 Å². The average Bonchev–Trinajstić information content (AvgIpc) is 2.26. The lowest BCUT2D eigenvalue weighted by molar-refractivity contribution is -0.127. The van der Waals surface area contributed by atoms with Crippen LogP contribution in [0.1, 0.15) is 20.3 Å². The average molecular weight is 306 g/mol. The van der Waals surface area contributed by atoms with Crippen LogP contribution in [0.3, 0.4) is 0 Å². The minimum Gasteiger partial charge on any atom is -0.481 e. The van der Waals surface area contributed by atoms with Crippen LogP contribution in [0.15, 0.2) is 18.2 Å². The second kappa shape index (κ2) is 7.58. The molecule has 6 heteroatoms. The highest BCUT2D eigenvalue weighted by molar-refractivity contribution is 6.34. The Kier molecular flexibility index (Phi) is 6.42. The number of amides is 1. The first-order valence-electron chi connectivity index (χ1n) is 5.97. The van der Waals surface area contributed by atoms with E-state index in [1.165, 1.54) is 0 Å². The molecule has 0 fully saturated rings. The lowest BCUT2D eigenvalue weighted by atomic mass is 10.3. The van der Waals surface area contributed by atoms with Gasteiger partial charge in [0.15, 0.2) is 6.10 Å². The summed E-state index contributed by atoms with van der Waals surface area (Å²) in [7, 11) is 0. The van der Waals surface area contributed by atoms with E-state index in [1.54, 1.807) is 32.0 Å². The molecular formula is C13H17Cl2NO3. The molecule has 1 rings (SSSR count). The predicted molar refractivity (Wildman–Crippen MR) is 75.9 cm³/mol. The highest BCUT2D eigenvalue weighted by Crippen LogP contribution is 2.24. The molecule has 2 N–H and O–H groups in total. The molecule has 0 heterocycles. The van der Waals surface area contributed by atoms with Crippen molar-refractivity contribution in [1.29, 1.82) is 0 Å². The van der Waals surface area contributed by atoms with E-state index >= 15 is 0 Å². The summed E-state index contributed by atoms with van der Waals surface area (Å²) >= 11 is 11.7. The van der Waals surface area contributed by atoms with E-state index in [4.69, 9.17) is 33.0 Å². The fraction of sp³-hybridized carbons (Fsp3) is 0.462. The van der Waals surface area contributed by atoms with E-state index in [1.807, 2.05) is 0 Å². The SMILES string of the molecule is CC(O)CCNC(=O)C(C)Oc1cc(Cl)cc(Cl)c1. The van der Waals surface area contributed by atoms with Gasteiger partial charge in [-0.25, -0.2) is 0 Å². The van der Waals surface area contributed by atoms with Crippen LogP contribution in [0.5, 0.6) is 5.75 Å². The number of hydrogen-bond donors (Lipinski definition) is 2. The largest absolute Gasteiger partial charge is 0.481 e. The summed E-state index contributed by atoms with van der Waals surface area (Å²) in [4.78, 5) is 11.7. The quantitative estimate of drug-likeness (QED) is 0.849. The smallest absolute Gasteiger partial charge is 0.260 e. The Balaban J connectivity index is 2.49. The van der Waals surface area contributed by atoms with Crippen molar-refractivity contribution >= 4 is 29.1 Å². The van der Waals surface area contributed by atoms with Gasteiger partial charge in [0.2, 0.25) is 0 Å². The third-order valence-corrected chi connectivity index (χ3v) is 2.82. The fourth-order valence-corrected chi connectivity index (χ4v) is 1.91. The summed E-state index contributed by atoms with van der Waals surface area (Å²) in [5.41, 5.74) is 0. The normalized spacial score (nSPS) is 13.7. The number of carbonyl (C=O) groups excluding carboxylic acids is 1. The maximum absolute atomic E-state index is 11.7. The van der Waals surface area contributed by atoms with Crippen molar-refractivity contribution < 1.29 is 14.6 Å². The number of aliphatic hydroxyl groups excluding tert-OH is 1. The number of benzene rings is 1. The molecule has 0 saturated heterocycles. The monoisotopic (exact) mass is 305 g/mol. The summed E-state index contributed by atoms with van der Waals surface area (Å²) < 4.78 is 5.45. The van der Waals surface area contributed by atoms with Crippen molar-refractivity contribution in [3.05, 3.63) is 28.2 Å². The Morgan fingerprint density at radius 3 is 2.42 bits per heavy atom. The number of rotatable bonds is 6. The van der Waals surface area contributed by atoms with Crippen molar-refractivity contribution in [2.45, 2.75) is 32.5 Å². The van der Waals surface area contributed by atoms with E-state index in [0.717, 1.165) is 0 Å². The molecule has 0 aliphatic heterocycles. The maximum atomic E-state index is 11.7. The van der Waals surface area contributed by atoms with Crippen LogP contribution < -0.4 is 10.1 Å². The Hall–Kier alpha value is -0.970. The summed E-state index contributed by atoms with van der Waals surface area (Å²) in [5, 5.41) is 12.7. The third-order valence-electron chi connectivity index (χ3n) is 2.38. The molecule has 106 valence electrons. The molecule has 1 amide bonds. The lowest BCUT2D eigenvalue weighted by Gasteiger charge is -2.15. The van der Waals surface area contributed by atoms with Crippen LogP contribution in [0.25, 0.3) is 0 Å². The van der Waals surface area contributed by atoms with Crippen LogP contribution >= 0.6 is 23.2 Å². The lowest BCUT2D eigenvalue weighted by Crippen LogP contribution is -2.37. The molecule has 1 aromatic carbocycles. The zero-order valence-corrected chi connectivity index (χ0v) is 12.3. The summed E-state index contributed by atoms with van der Waals surface area (Å²) in [6.45, 7) is 3.70. The van der Waals surface area contributed by atoms with Gasteiger partial charge in [0.25, 0.3) is 5.91 Å². The molecule has 19 heavy (non-hydrogen) atoms. The fourth-order valence-electron chi connectivity index (χ4n) is 1.40. The van der Waals surface area contributed by atoms with Crippen molar-refractivity contribution in [1.82, 2.24) is 5.32 Å². The predicted octanol–water partition coefficient (Wildman–Crippen LogP) is 2.65. The highest BCUT2D eigenvalue weighted by Gasteiger charge is 2.14. The van der Waals surface area contributed by atoms with Crippen molar-refractivity contribution in [2.24, 2.45) is 0 Å². The molecule has 1 aromatic rings. The second-order valence-electron chi connectivity index (χ2n) is 4.29. The zero-order chi connectivity index (χ0) is 14.4. The van der Waals surface area contributed by atoms with Crippen LogP contribution in [0, 0.1) is 0 Å². The van der Waals surface area contributed by atoms with E-state index in [0.29, 0.717) is 28.8 Å². The Morgan fingerprint density at radius 2 is 1.89 bits per heavy atom. The first kappa shape index (κ1) is 16.1. The molecule has 0 bridgehead atoms. The number of halogens is 2. The molecule has 0 aromatic heterocycles. The minimum atomic E-state index is -0.663. The van der Waals surface area contributed by atoms with Crippen LogP contribution in [-0.4, -0.2) is 29.8 Å². The van der Waals surface area contributed by atoms with Crippen LogP contribution in [0.4, 0.5) is 0 Å². The standard InChI is InChI=1S/C13H17Cl2NO3/c1-8(17)3-4-16-13(18)9(2)19-12-6-10(14)5-11(15)7-12/h5-9,17H,3-4H2,1-2H3,(H,16,18). The molecule has 2 unspecified atom stereocenters. The molecule has 0 saturated carbocycles. The van der Waals surface area contributed by atoms with Gasteiger partial charge in [-0.1, -0.05) is 23.2 Å². The molecule has 0 aliphatic carbocycles. The molecule has 0 radical (unpaired) electrons. The van der Waals surface area contributed by atoms with Crippen molar-refractivity contribution in [3.8, 4) is 5.75 Å². The van der Waals surface area contributed by atoms with Crippen molar-refractivity contribution in [2.75, 3.05) is 6.54 Å². The van der Waals surface area contributed by atoms with Gasteiger partial charge < -0.3 is 15.2 Å². The Morgan fingerprint density at radius 1 is 1.32 bits per heavy atom. The molecule has 0 spiro atoms. The first-order chi connectivity index (χ1) is 8.88. The third kappa shape index (κ3) is 6.14. The second-order valence-corrected chi connectivity index (χ2v) is 5.17. The topological polar surface area (TPSA) is 58.6 Å².